The molecule has 9 nitrogen and oxygen atoms in total. The summed E-state index contributed by atoms with van der Waals surface area (Å²) in [5.74, 6) is 0.0378. The quantitative estimate of drug-likeness (QED) is 0.275. The molecule has 0 aliphatic carbocycles. The van der Waals surface area contributed by atoms with Crippen LogP contribution in [-0.4, -0.2) is 96.2 Å². The maximum atomic E-state index is 12.9. The average Bonchev–Trinajstić information content (AvgIpc) is 2.98. The van der Waals surface area contributed by atoms with E-state index in [1.54, 1.807) is 13.2 Å². The Labute approximate surface area is 252 Å². The molecule has 0 radical (unpaired) electrons. The van der Waals surface area contributed by atoms with E-state index >= 15 is 0 Å². The van der Waals surface area contributed by atoms with Crippen LogP contribution in [0.2, 0.25) is 10.0 Å². The van der Waals surface area contributed by atoms with Gasteiger partial charge in [0.1, 0.15) is 12.4 Å². The van der Waals surface area contributed by atoms with E-state index in [0.717, 1.165) is 56.8 Å². The fourth-order valence-electron chi connectivity index (χ4n) is 4.98. The standard InChI is InChI=1S/C30H39Cl2N3O6/c1-38-17-18-39-19-20-40-22-29(37)35-27-21-24(9-7-23(27)8-10-28(35)36)41-16-3-2-11-33-12-14-34(15-13-33)26-6-4-5-25(31)30(26)32/h4-7,9,21H,2-3,8,10-20,22H2,1H3. The molecule has 2 aromatic rings. The number of unbranched alkanes of at least 4 members (excludes halogenated alkanes) is 1. The number of fused-ring (bicyclic) bond motifs is 1. The van der Waals surface area contributed by atoms with Gasteiger partial charge in [0.05, 0.1) is 54.5 Å². The zero-order valence-electron chi connectivity index (χ0n) is 23.6. The summed E-state index contributed by atoms with van der Waals surface area (Å²) in [6.07, 6.45) is 2.81. The summed E-state index contributed by atoms with van der Waals surface area (Å²) in [7, 11) is 1.60. The summed E-state index contributed by atoms with van der Waals surface area (Å²) in [6.45, 7) is 6.71. The molecule has 41 heavy (non-hydrogen) atoms. The molecule has 0 atom stereocenters. The number of hydrogen-bond donors (Lipinski definition) is 0. The Kier molecular flexibility index (Phi) is 12.5. The predicted octanol–water partition coefficient (Wildman–Crippen LogP) is 4.46. The summed E-state index contributed by atoms with van der Waals surface area (Å²) in [4.78, 5) is 31.5. The molecule has 2 aromatic carbocycles. The Bertz CT molecular complexity index is 1160. The molecule has 0 spiro atoms. The van der Waals surface area contributed by atoms with Crippen LogP contribution < -0.4 is 14.5 Å². The van der Waals surface area contributed by atoms with Gasteiger partial charge in [-0.05, 0) is 49.6 Å². The van der Waals surface area contributed by atoms with Gasteiger partial charge in [0, 0.05) is 45.8 Å². The second kappa shape index (κ2) is 16.3. The number of benzene rings is 2. The Morgan fingerprint density at radius 1 is 0.878 bits per heavy atom. The number of nitrogens with zero attached hydrogens (tertiary/aromatic N) is 3. The topological polar surface area (TPSA) is 80.8 Å². The molecular weight excluding hydrogens is 569 g/mol. The number of carbonyl (C=O) groups is 2. The monoisotopic (exact) mass is 607 g/mol. The molecule has 224 valence electrons. The van der Waals surface area contributed by atoms with Crippen molar-refractivity contribution >= 4 is 46.4 Å². The second-order valence-electron chi connectivity index (χ2n) is 10.0. The third-order valence-corrected chi connectivity index (χ3v) is 8.02. The number of methoxy groups -OCH3 is 1. The van der Waals surface area contributed by atoms with Crippen LogP contribution in [0.4, 0.5) is 11.4 Å². The van der Waals surface area contributed by atoms with Crippen molar-refractivity contribution in [3.63, 3.8) is 0 Å². The highest BCUT2D eigenvalue weighted by atomic mass is 35.5. The third kappa shape index (κ3) is 9.04. The van der Waals surface area contributed by atoms with E-state index < -0.39 is 0 Å². The Hall–Kier alpha value is -2.40. The van der Waals surface area contributed by atoms with Crippen molar-refractivity contribution in [1.29, 1.82) is 0 Å². The summed E-state index contributed by atoms with van der Waals surface area (Å²) < 4.78 is 21.7. The summed E-state index contributed by atoms with van der Waals surface area (Å²) in [5.41, 5.74) is 2.53. The number of ether oxygens (including phenoxy) is 4. The number of amides is 2. The van der Waals surface area contributed by atoms with E-state index in [2.05, 4.69) is 9.80 Å². The van der Waals surface area contributed by atoms with Crippen LogP contribution in [-0.2, 0) is 30.2 Å². The Morgan fingerprint density at radius 3 is 2.46 bits per heavy atom. The highest BCUT2D eigenvalue weighted by Crippen LogP contribution is 2.33. The highest BCUT2D eigenvalue weighted by Gasteiger charge is 2.30. The molecule has 2 amide bonds. The van der Waals surface area contributed by atoms with Gasteiger partial charge >= 0.3 is 0 Å². The van der Waals surface area contributed by atoms with E-state index in [0.29, 0.717) is 60.8 Å². The number of rotatable bonds is 15. The lowest BCUT2D eigenvalue weighted by molar-refractivity contribution is -0.129. The van der Waals surface area contributed by atoms with Crippen molar-refractivity contribution in [1.82, 2.24) is 4.90 Å². The molecule has 0 unspecified atom stereocenters. The lowest BCUT2D eigenvalue weighted by Crippen LogP contribution is -2.46. The number of halogens is 2. The lowest BCUT2D eigenvalue weighted by Gasteiger charge is -2.36. The van der Waals surface area contributed by atoms with Crippen molar-refractivity contribution in [3.05, 3.63) is 52.0 Å². The number of imide groups is 1. The normalized spacial score (nSPS) is 15.7. The number of carbonyl (C=O) groups excluding carboxylic acids is 2. The number of anilines is 2. The van der Waals surface area contributed by atoms with Gasteiger partial charge in [-0.2, -0.15) is 0 Å². The number of hydrogen-bond acceptors (Lipinski definition) is 8. The van der Waals surface area contributed by atoms with Crippen LogP contribution >= 0.6 is 23.2 Å². The van der Waals surface area contributed by atoms with Gasteiger partial charge in [0.2, 0.25) is 5.91 Å². The van der Waals surface area contributed by atoms with Gasteiger partial charge in [0.25, 0.3) is 5.91 Å². The van der Waals surface area contributed by atoms with Gasteiger partial charge in [-0.15, -0.1) is 0 Å². The average molecular weight is 609 g/mol. The first-order valence-electron chi connectivity index (χ1n) is 14.1. The maximum absolute atomic E-state index is 12.9. The van der Waals surface area contributed by atoms with E-state index in [9.17, 15) is 9.59 Å². The molecule has 1 fully saturated rings. The van der Waals surface area contributed by atoms with Crippen molar-refractivity contribution in [2.75, 3.05) is 89.3 Å². The lowest BCUT2D eigenvalue weighted by atomic mass is 10.0. The van der Waals surface area contributed by atoms with Crippen LogP contribution in [0.15, 0.2) is 36.4 Å². The van der Waals surface area contributed by atoms with Gasteiger partial charge in [-0.25, -0.2) is 4.90 Å². The molecular formula is C30H39Cl2N3O6. The number of aryl methyl sites for hydroxylation is 1. The van der Waals surface area contributed by atoms with Crippen molar-refractivity contribution in [2.45, 2.75) is 25.7 Å². The zero-order chi connectivity index (χ0) is 29.0. The van der Waals surface area contributed by atoms with E-state index in [-0.39, 0.29) is 25.0 Å². The van der Waals surface area contributed by atoms with Gasteiger partial charge in [0.15, 0.2) is 0 Å². The smallest absolute Gasteiger partial charge is 0.259 e. The minimum atomic E-state index is -0.386. The molecule has 2 aliphatic rings. The molecule has 0 aromatic heterocycles. The van der Waals surface area contributed by atoms with Gasteiger partial charge in [-0.3, -0.25) is 14.5 Å². The fourth-order valence-corrected chi connectivity index (χ4v) is 5.39. The van der Waals surface area contributed by atoms with Crippen LogP contribution in [0.1, 0.15) is 24.8 Å². The first kappa shape index (κ1) is 31.5. The van der Waals surface area contributed by atoms with Crippen LogP contribution in [0.3, 0.4) is 0 Å². The van der Waals surface area contributed by atoms with E-state index in [1.807, 2.05) is 30.3 Å². The van der Waals surface area contributed by atoms with Crippen LogP contribution in [0.5, 0.6) is 5.75 Å². The first-order chi connectivity index (χ1) is 20.0. The Morgan fingerprint density at radius 2 is 1.66 bits per heavy atom. The second-order valence-corrected chi connectivity index (χ2v) is 10.8. The van der Waals surface area contributed by atoms with Gasteiger partial charge in [-0.1, -0.05) is 35.3 Å². The predicted molar refractivity (Wildman–Crippen MR) is 161 cm³/mol. The zero-order valence-corrected chi connectivity index (χ0v) is 25.1. The molecule has 1 saturated heterocycles. The van der Waals surface area contributed by atoms with Crippen LogP contribution in [0, 0.1) is 0 Å². The summed E-state index contributed by atoms with van der Waals surface area (Å²) >= 11 is 12.6. The molecule has 0 N–H and O–H groups in total. The molecule has 2 heterocycles. The van der Waals surface area contributed by atoms with Crippen LogP contribution in [0.25, 0.3) is 0 Å². The minimum Gasteiger partial charge on any atom is -0.494 e. The van der Waals surface area contributed by atoms with Crippen molar-refractivity contribution in [3.8, 4) is 5.75 Å². The third-order valence-electron chi connectivity index (χ3n) is 7.22. The first-order valence-corrected chi connectivity index (χ1v) is 14.9. The highest BCUT2D eigenvalue weighted by molar-refractivity contribution is 6.43. The van der Waals surface area contributed by atoms with Gasteiger partial charge < -0.3 is 23.8 Å². The number of piperazine rings is 1. The molecule has 0 bridgehead atoms. The molecule has 4 rings (SSSR count). The van der Waals surface area contributed by atoms with Crippen molar-refractivity contribution < 1.29 is 28.5 Å². The van der Waals surface area contributed by atoms with E-state index in [4.69, 9.17) is 42.1 Å². The summed E-state index contributed by atoms with van der Waals surface area (Å²) in [6, 6.07) is 11.4. The van der Waals surface area contributed by atoms with E-state index in [1.165, 1.54) is 4.90 Å². The molecule has 2 aliphatic heterocycles. The summed E-state index contributed by atoms with van der Waals surface area (Å²) in [5, 5.41) is 1.20. The SMILES string of the molecule is COCCOCCOCC(=O)N1C(=O)CCc2ccc(OCCCCN3CCN(c4cccc(Cl)c4Cl)CC3)cc21. The molecule has 0 saturated carbocycles. The largest absolute Gasteiger partial charge is 0.494 e. The maximum Gasteiger partial charge on any atom is 0.259 e. The Balaban J connectivity index is 1.18. The fraction of sp³-hybridized carbons (Fsp3) is 0.533. The minimum absolute atomic E-state index is 0.190. The van der Waals surface area contributed by atoms with Crippen molar-refractivity contribution in [2.24, 2.45) is 0 Å². The molecule has 11 heteroatoms.